The molecule has 1 rings (SSSR count). The van der Waals surface area contributed by atoms with E-state index < -0.39 is 30.0 Å². The Labute approximate surface area is 127 Å². The molecule has 23 heavy (non-hydrogen) atoms. The van der Waals surface area contributed by atoms with Crippen molar-refractivity contribution in [1.82, 2.24) is 5.32 Å². The van der Waals surface area contributed by atoms with Crippen molar-refractivity contribution < 1.29 is 35.5 Å². The molecular formula is C14H14F7NO. The summed E-state index contributed by atoms with van der Waals surface area (Å²) in [5.74, 6) is -15.1. The molecule has 1 aromatic rings. The van der Waals surface area contributed by atoms with Crippen molar-refractivity contribution in [2.24, 2.45) is 0 Å². The maximum atomic E-state index is 13.2. The van der Waals surface area contributed by atoms with Crippen LogP contribution < -0.4 is 5.32 Å². The maximum absolute atomic E-state index is 13.2. The highest BCUT2D eigenvalue weighted by Crippen LogP contribution is 2.46. The topological polar surface area (TPSA) is 29.1 Å². The van der Waals surface area contributed by atoms with Gasteiger partial charge in [0.25, 0.3) is 5.91 Å². The summed E-state index contributed by atoms with van der Waals surface area (Å²) in [4.78, 5) is 11.3. The molecule has 1 aromatic carbocycles. The number of nitrogens with one attached hydrogen (secondary N) is 1. The largest absolute Gasteiger partial charge is 0.460 e. The van der Waals surface area contributed by atoms with E-state index in [1.807, 2.05) is 0 Å². The van der Waals surface area contributed by atoms with Crippen molar-refractivity contribution in [3.8, 4) is 0 Å². The molecule has 9 heteroatoms. The maximum Gasteiger partial charge on any atom is 0.460 e. The fourth-order valence-electron chi connectivity index (χ4n) is 2.00. The van der Waals surface area contributed by atoms with Crippen LogP contribution >= 0.6 is 0 Å². The normalized spacial score (nSPS) is 14.5. The summed E-state index contributed by atoms with van der Waals surface area (Å²) in [7, 11) is 0. The van der Waals surface area contributed by atoms with E-state index in [-0.39, 0.29) is 0 Å². The van der Waals surface area contributed by atoms with Gasteiger partial charge < -0.3 is 5.32 Å². The zero-order chi connectivity index (χ0) is 18.2. The van der Waals surface area contributed by atoms with Crippen molar-refractivity contribution in [2.75, 3.05) is 0 Å². The standard InChI is InChI=1S/C14H14F7NO/c1-7-4-5-10(8(2)6-7)9(3)22-11(23)12(15,16)13(17,18)14(19,20)21/h4-6,9H,1-3H3,(H,22,23)/t9-/m0/s1. The molecule has 0 heterocycles. The van der Waals surface area contributed by atoms with Gasteiger partial charge >= 0.3 is 18.0 Å². The number of carbonyl (C=O) groups excluding carboxylic acids is 1. The van der Waals surface area contributed by atoms with E-state index in [9.17, 15) is 35.5 Å². The van der Waals surface area contributed by atoms with E-state index in [0.29, 0.717) is 11.1 Å². The van der Waals surface area contributed by atoms with Gasteiger partial charge in [0.2, 0.25) is 0 Å². The van der Waals surface area contributed by atoms with E-state index in [0.717, 1.165) is 5.56 Å². The molecule has 0 fully saturated rings. The molecule has 0 aliphatic heterocycles. The number of benzene rings is 1. The Balaban J connectivity index is 3.02. The van der Waals surface area contributed by atoms with Crippen LogP contribution in [-0.2, 0) is 4.79 Å². The van der Waals surface area contributed by atoms with Crippen LogP contribution in [0.1, 0.15) is 29.7 Å². The summed E-state index contributed by atoms with van der Waals surface area (Å²) in [6, 6.07) is 3.54. The molecule has 1 amide bonds. The first kappa shape index (κ1) is 19.2. The van der Waals surface area contributed by atoms with Crippen molar-refractivity contribution in [3.05, 3.63) is 34.9 Å². The Morgan fingerprint density at radius 1 is 1.04 bits per heavy atom. The second kappa shape index (κ2) is 6.01. The van der Waals surface area contributed by atoms with Gasteiger partial charge in [-0.2, -0.15) is 30.7 Å². The molecule has 0 unspecified atom stereocenters. The molecule has 0 radical (unpaired) electrons. The molecule has 0 aliphatic carbocycles. The first-order valence-corrected chi connectivity index (χ1v) is 6.42. The average molecular weight is 345 g/mol. The Morgan fingerprint density at radius 2 is 1.57 bits per heavy atom. The molecule has 0 bridgehead atoms. The zero-order valence-electron chi connectivity index (χ0n) is 12.4. The summed E-state index contributed by atoms with van der Waals surface area (Å²) in [5.41, 5.74) is 1.73. The monoisotopic (exact) mass is 345 g/mol. The van der Waals surface area contributed by atoms with E-state index in [2.05, 4.69) is 0 Å². The van der Waals surface area contributed by atoms with Gasteiger partial charge in [-0.25, -0.2) is 0 Å². The highest BCUT2D eigenvalue weighted by Gasteiger charge is 2.76. The number of rotatable bonds is 4. The SMILES string of the molecule is Cc1ccc([C@H](C)NC(=O)C(F)(F)C(F)(F)C(F)(F)F)c(C)c1. The lowest BCUT2D eigenvalue weighted by atomic mass is 10.00. The number of halogens is 7. The molecule has 2 nitrogen and oxygen atoms in total. The minimum Gasteiger partial charge on any atom is -0.344 e. The van der Waals surface area contributed by atoms with Crippen LogP contribution in [-0.4, -0.2) is 23.9 Å². The lowest BCUT2D eigenvalue weighted by molar-refractivity contribution is -0.344. The van der Waals surface area contributed by atoms with Crippen LogP contribution in [0.15, 0.2) is 18.2 Å². The highest BCUT2D eigenvalue weighted by molar-refractivity contribution is 5.85. The van der Waals surface area contributed by atoms with Crippen LogP contribution in [0.2, 0.25) is 0 Å². The van der Waals surface area contributed by atoms with Gasteiger partial charge in [-0.1, -0.05) is 23.8 Å². The molecule has 0 spiro atoms. The molecule has 0 saturated carbocycles. The Hall–Kier alpha value is -1.80. The van der Waals surface area contributed by atoms with E-state index >= 15 is 0 Å². The summed E-state index contributed by atoms with van der Waals surface area (Å²) >= 11 is 0. The number of hydrogen-bond acceptors (Lipinski definition) is 1. The average Bonchev–Trinajstić information content (AvgIpc) is 2.36. The van der Waals surface area contributed by atoms with Gasteiger partial charge in [0.1, 0.15) is 0 Å². The molecule has 0 aliphatic rings. The first-order chi connectivity index (χ1) is 10.2. The molecular weight excluding hydrogens is 331 g/mol. The predicted molar refractivity (Wildman–Crippen MR) is 68.4 cm³/mol. The number of amides is 1. The van der Waals surface area contributed by atoms with E-state index in [1.165, 1.54) is 18.3 Å². The van der Waals surface area contributed by atoms with Gasteiger partial charge in [0, 0.05) is 0 Å². The van der Waals surface area contributed by atoms with Crippen LogP contribution in [0.5, 0.6) is 0 Å². The predicted octanol–water partition coefficient (Wildman–Crippen LogP) is 4.31. The lowest BCUT2D eigenvalue weighted by Gasteiger charge is -2.28. The molecule has 1 atom stereocenters. The van der Waals surface area contributed by atoms with Gasteiger partial charge in [-0.3, -0.25) is 4.79 Å². The third-order valence-electron chi connectivity index (χ3n) is 3.27. The third-order valence-corrected chi connectivity index (χ3v) is 3.27. The van der Waals surface area contributed by atoms with Crippen LogP contribution in [0, 0.1) is 13.8 Å². The number of aryl methyl sites for hydroxylation is 2. The van der Waals surface area contributed by atoms with E-state index in [1.54, 1.807) is 26.0 Å². The summed E-state index contributed by atoms with van der Waals surface area (Å²) < 4.78 is 88.3. The van der Waals surface area contributed by atoms with Crippen molar-refractivity contribution in [2.45, 2.75) is 44.8 Å². The van der Waals surface area contributed by atoms with Gasteiger partial charge in [0.05, 0.1) is 6.04 Å². The van der Waals surface area contributed by atoms with Crippen molar-refractivity contribution in [1.29, 1.82) is 0 Å². The number of alkyl halides is 7. The Bertz CT molecular complexity index is 595. The number of carbonyl (C=O) groups is 1. The molecule has 1 N–H and O–H groups in total. The van der Waals surface area contributed by atoms with Crippen LogP contribution in [0.25, 0.3) is 0 Å². The summed E-state index contributed by atoms with van der Waals surface area (Å²) in [5, 5.41) is 1.51. The van der Waals surface area contributed by atoms with Crippen LogP contribution in [0.4, 0.5) is 30.7 Å². The van der Waals surface area contributed by atoms with Gasteiger partial charge in [0.15, 0.2) is 0 Å². The minimum atomic E-state index is -6.54. The first-order valence-electron chi connectivity index (χ1n) is 6.42. The summed E-state index contributed by atoms with van der Waals surface area (Å²) in [6.45, 7) is 4.54. The Morgan fingerprint density at radius 3 is 2.00 bits per heavy atom. The minimum absolute atomic E-state index is 0.329. The molecule has 0 saturated heterocycles. The smallest absolute Gasteiger partial charge is 0.344 e. The Kier molecular flexibility index (Phi) is 5.03. The van der Waals surface area contributed by atoms with Crippen LogP contribution in [0.3, 0.4) is 0 Å². The fourth-order valence-corrected chi connectivity index (χ4v) is 2.00. The highest BCUT2D eigenvalue weighted by atomic mass is 19.4. The van der Waals surface area contributed by atoms with Gasteiger partial charge in [-0.15, -0.1) is 0 Å². The van der Waals surface area contributed by atoms with E-state index in [4.69, 9.17) is 0 Å². The second-order valence-corrected chi connectivity index (χ2v) is 5.20. The third kappa shape index (κ3) is 3.59. The van der Waals surface area contributed by atoms with Gasteiger partial charge in [-0.05, 0) is 31.9 Å². The molecule has 0 aromatic heterocycles. The quantitative estimate of drug-likeness (QED) is 0.810. The van der Waals surface area contributed by atoms with Crippen molar-refractivity contribution in [3.63, 3.8) is 0 Å². The fraction of sp³-hybridized carbons (Fsp3) is 0.500. The van der Waals surface area contributed by atoms with Crippen molar-refractivity contribution >= 4 is 5.91 Å². The number of hydrogen-bond donors (Lipinski definition) is 1. The molecule has 130 valence electrons. The lowest BCUT2D eigenvalue weighted by Crippen LogP contribution is -2.59. The summed E-state index contributed by atoms with van der Waals surface area (Å²) in [6.07, 6.45) is -6.54. The zero-order valence-corrected chi connectivity index (χ0v) is 12.4. The second-order valence-electron chi connectivity index (χ2n) is 5.20.